The average Bonchev–Trinajstić information content (AvgIpc) is 2.94. The third kappa shape index (κ3) is 2.18. The minimum Gasteiger partial charge on any atom is -0.309 e. The van der Waals surface area contributed by atoms with Gasteiger partial charge in [-0.05, 0) is 63.3 Å². The zero-order valence-corrected chi connectivity index (χ0v) is 13.0. The monoisotopic (exact) mass is 289 g/mol. The van der Waals surface area contributed by atoms with Crippen molar-refractivity contribution in [1.82, 2.24) is 9.88 Å². The molecule has 2 heterocycles. The number of rotatable bonds is 4. The van der Waals surface area contributed by atoms with Crippen molar-refractivity contribution in [3.63, 3.8) is 0 Å². The Balaban J connectivity index is 1.80. The van der Waals surface area contributed by atoms with E-state index < -0.39 is 0 Å². The molecule has 0 spiro atoms. The summed E-state index contributed by atoms with van der Waals surface area (Å²) in [5.74, 6) is 0. The van der Waals surface area contributed by atoms with E-state index in [0.717, 1.165) is 29.7 Å². The second kappa shape index (κ2) is 5.18. The topological polar surface area (TPSA) is 28.5 Å². The van der Waals surface area contributed by atoms with Crippen molar-refractivity contribution in [1.29, 1.82) is 0 Å². The second-order valence-electron chi connectivity index (χ2n) is 6.21. The molecule has 0 atom stereocenters. The summed E-state index contributed by atoms with van der Waals surface area (Å²) in [7, 11) is 4.24. The number of pyridine rings is 1. The maximum atomic E-state index is 4.80. The Hall–Kier alpha value is -2.26. The first-order valence-electron chi connectivity index (χ1n) is 7.76. The summed E-state index contributed by atoms with van der Waals surface area (Å²) < 4.78 is 0. The molecule has 0 bridgehead atoms. The van der Waals surface area contributed by atoms with Crippen LogP contribution in [0.3, 0.4) is 0 Å². The minimum atomic E-state index is 1.04. The number of hydrogen-bond donors (Lipinski definition) is 0. The fraction of sp³-hybridized carbons (Fsp3) is 0.263. The highest BCUT2D eigenvalue weighted by Crippen LogP contribution is 2.36. The maximum absolute atomic E-state index is 4.80. The van der Waals surface area contributed by atoms with Crippen LogP contribution in [0.25, 0.3) is 21.8 Å². The molecule has 0 amide bonds. The third-order valence-corrected chi connectivity index (χ3v) is 4.29. The first-order valence-corrected chi connectivity index (χ1v) is 7.76. The molecule has 1 aromatic heterocycles. The van der Waals surface area contributed by atoms with Crippen LogP contribution in [0.5, 0.6) is 0 Å². The molecule has 3 heteroatoms. The molecule has 1 aliphatic rings. The lowest BCUT2D eigenvalue weighted by Crippen LogP contribution is -2.13. The Morgan fingerprint density at radius 3 is 2.82 bits per heavy atom. The van der Waals surface area contributed by atoms with Crippen molar-refractivity contribution in [3.8, 4) is 0 Å². The predicted molar refractivity (Wildman–Crippen MR) is 93.4 cm³/mol. The van der Waals surface area contributed by atoms with E-state index in [-0.39, 0.29) is 0 Å². The third-order valence-electron chi connectivity index (χ3n) is 4.29. The minimum absolute atomic E-state index is 1.04. The molecule has 0 fully saturated rings. The molecule has 0 radical (unpaired) electrons. The van der Waals surface area contributed by atoms with Crippen molar-refractivity contribution in [2.24, 2.45) is 4.99 Å². The molecule has 2 aromatic carbocycles. The first kappa shape index (κ1) is 13.4. The van der Waals surface area contributed by atoms with Gasteiger partial charge in [0.05, 0.1) is 16.7 Å². The van der Waals surface area contributed by atoms with E-state index in [2.05, 4.69) is 54.3 Å². The van der Waals surface area contributed by atoms with Gasteiger partial charge in [0.1, 0.15) is 0 Å². The second-order valence-corrected chi connectivity index (χ2v) is 6.21. The lowest BCUT2D eigenvalue weighted by Gasteiger charge is -2.10. The van der Waals surface area contributed by atoms with E-state index in [0.29, 0.717) is 0 Å². The molecule has 0 saturated carbocycles. The van der Waals surface area contributed by atoms with E-state index in [1.165, 1.54) is 28.3 Å². The summed E-state index contributed by atoms with van der Waals surface area (Å²) in [6, 6.07) is 12.8. The van der Waals surface area contributed by atoms with Gasteiger partial charge >= 0.3 is 0 Å². The summed E-state index contributed by atoms with van der Waals surface area (Å²) >= 11 is 0. The van der Waals surface area contributed by atoms with Crippen LogP contribution >= 0.6 is 0 Å². The zero-order chi connectivity index (χ0) is 15.1. The molecule has 4 rings (SSSR count). The van der Waals surface area contributed by atoms with Crippen molar-refractivity contribution >= 4 is 33.7 Å². The van der Waals surface area contributed by atoms with Gasteiger partial charge in [-0.2, -0.15) is 0 Å². The van der Waals surface area contributed by atoms with Crippen molar-refractivity contribution in [2.75, 3.05) is 20.6 Å². The van der Waals surface area contributed by atoms with Crippen LogP contribution in [-0.4, -0.2) is 36.7 Å². The highest BCUT2D eigenvalue weighted by atomic mass is 15.0. The molecule has 0 N–H and O–H groups in total. The van der Waals surface area contributed by atoms with Crippen LogP contribution in [0.1, 0.15) is 17.5 Å². The van der Waals surface area contributed by atoms with Gasteiger partial charge in [0.25, 0.3) is 0 Å². The van der Waals surface area contributed by atoms with E-state index >= 15 is 0 Å². The molecule has 1 aliphatic heterocycles. The lowest BCUT2D eigenvalue weighted by molar-refractivity contribution is 0.400. The first-order chi connectivity index (χ1) is 10.7. The summed E-state index contributed by atoms with van der Waals surface area (Å²) in [4.78, 5) is 11.6. The average molecular weight is 289 g/mol. The normalized spacial score (nSPS) is 12.9. The lowest BCUT2D eigenvalue weighted by atomic mass is 10.0. The molecular formula is C19H19N3. The Bertz CT molecular complexity index is 894. The SMILES string of the molecule is CN(C)CCCc1ccc2nc3cccc4c3c(c2c1)C=N4. The number of benzene rings is 2. The number of nitrogens with zero attached hydrogens (tertiary/aromatic N) is 3. The van der Waals surface area contributed by atoms with Crippen LogP contribution < -0.4 is 0 Å². The van der Waals surface area contributed by atoms with E-state index in [1.807, 2.05) is 12.3 Å². The van der Waals surface area contributed by atoms with Crippen LogP contribution in [0.2, 0.25) is 0 Å². The van der Waals surface area contributed by atoms with Crippen LogP contribution in [-0.2, 0) is 6.42 Å². The van der Waals surface area contributed by atoms with Crippen molar-refractivity contribution < 1.29 is 0 Å². The quantitative estimate of drug-likeness (QED) is 0.532. The van der Waals surface area contributed by atoms with Gasteiger partial charge in [0.15, 0.2) is 0 Å². The fourth-order valence-corrected chi connectivity index (χ4v) is 3.19. The van der Waals surface area contributed by atoms with Gasteiger partial charge in [0, 0.05) is 22.6 Å². The summed E-state index contributed by atoms with van der Waals surface area (Å²) in [6.45, 7) is 1.12. The highest BCUT2D eigenvalue weighted by molar-refractivity contribution is 6.18. The van der Waals surface area contributed by atoms with Gasteiger partial charge in [-0.25, -0.2) is 4.98 Å². The van der Waals surface area contributed by atoms with Gasteiger partial charge in [-0.3, -0.25) is 4.99 Å². The van der Waals surface area contributed by atoms with Crippen molar-refractivity contribution in [2.45, 2.75) is 12.8 Å². The number of aliphatic imine (C=N–C) groups is 1. The molecule has 22 heavy (non-hydrogen) atoms. The van der Waals surface area contributed by atoms with Gasteiger partial charge < -0.3 is 4.90 Å². The summed E-state index contributed by atoms with van der Waals surface area (Å²) in [6.07, 6.45) is 4.27. The fourth-order valence-electron chi connectivity index (χ4n) is 3.19. The van der Waals surface area contributed by atoms with E-state index in [4.69, 9.17) is 4.98 Å². The number of hydrogen-bond acceptors (Lipinski definition) is 3. The largest absolute Gasteiger partial charge is 0.309 e. The Morgan fingerprint density at radius 2 is 1.95 bits per heavy atom. The predicted octanol–water partition coefficient (Wildman–Crippen LogP) is 3.95. The zero-order valence-electron chi connectivity index (χ0n) is 13.0. The van der Waals surface area contributed by atoms with E-state index in [9.17, 15) is 0 Å². The van der Waals surface area contributed by atoms with Crippen LogP contribution in [0.4, 0.5) is 5.69 Å². The van der Waals surface area contributed by atoms with Crippen LogP contribution in [0.15, 0.2) is 41.4 Å². The maximum Gasteiger partial charge on any atom is 0.0738 e. The smallest absolute Gasteiger partial charge is 0.0738 e. The molecular weight excluding hydrogens is 270 g/mol. The number of fused-ring (bicyclic) bond motifs is 2. The van der Waals surface area contributed by atoms with Gasteiger partial charge in [0.2, 0.25) is 0 Å². The number of aryl methyl sites for hydroxylation is 1. The summed E-state index contributed by atoms with van der Waals surface area (Å²) in [5, 5.41) is 2.42. The molecule has 3 nitrogen and oxygen atoms in total. The number of aromatic nitrogens is 1. The van der Waals surface area contributed by atoms with Crippen molar-refractivity contribution in [3.05, 3.63) is 47.5 Å². The molecule has 3 aromatic rings. The van der Waals surface area contributed by atoms with Crippen LogP contribution in [0, 0.1) is 0 Å². The summed E-state index contributed by atoms with van der Waals surface area (Å²) in [5.41, 5.74) is 5.75. The van der Waals surface area contributed by atoms with E-state index in [1.54, 1.807) is 0 Å². The Kier molecular flexibility index (Phi) is 3.16. The standard InChI is InChI=1S/C19H19N3/c1-22(2)10-4-5-13-8-9-16-14(11-13)15-12-20-17-6-3-7-18(21-16)19(15)17/h3,6-9,11-12H,4-5,10H2,1-2H3. The Labute approximate surface area is 130 Å². The molecule has 0 unspecified atom stereocenters. The van der Waals surface area contributed by atoms with Gasteiger partial charge in [-0.1, -0.05) is 12.1 Å². The molecule has 0 aliphatic carbocycles. The Morgan fingerprint density at radius 1 is 1.05 bits per heavy atom. The highest BCUT2D eigenvalue weighted by Gasteiger charge is 2.15. The molecule has 0 saturated heterocycles. The molecule has 110 valence electrons. The van der Waals surface area contributed by atoms with Gasteiger partial charge in [-0.15, -0.1) is 0 Å².